The largest absolute Gasteiger partial charge is 0.480 e. The normalized spacial score (nSPS) is 24.7. The molecule has 1 heterocycles. The molecule has 1 fully saturated rings. The summed E-state index contributed by atoms with van der Waals surface area (Å²) in [5.74, 6) is -2.07. The summed E-state index contributed by atoms with van der Waals surface area (Å²) in [6, 6.07) is -1.59. The van der Waals surface area contributed by atoms with Crippen molar-refractivity contribution in [2.45, 2.75) is 57.7 Å². The highest BCUT2D eigenvalue weighted by molar-refractivity contribution is 5.87. The summed E-state index contributed by atoms with van der Waals surface area (Å²) in [5.41, 5.74) is 7.60. The molecule has 0 saturated carbocycles. The second-order valence-electron chi connectivity index (χ2n) is 5.18. The third-order valence-electron chi connectivity index (χ3n) is 3.43. The van der Waals surface area contributed by atoms with E-state index in [2.05, 4.69) is 10.7 Å². The lowest BCUT2D eigenvalue weighted by Gasteiger charge is -2.38. The van der Waals surface area contributed by atoms with Crippen molar-refractivity contribution in [1.29, 1.82) is 0 Å². The van der Waals surface area contributed by atoms with Gasteiger partial charge in [-0.05, 0) is 26.7 Å². The predicted octanol–water partition coefficient (Wildman–Crippen LogP) is -0.208. The number of carboxylic acid groups (broad SMARTS) is 1. The lowest BCUT2D eigenvalue weighted by molar-refractivity contribution is -0.140. The van der Waals surface area contributed by atoms with Gasteiger partial charge in [-0.2, -0.15) is 0 Å². The molecular weight excluding hydrogens is 264 g/mol. The second-order valence-corrected chi connectivity index (χ2v) is 5.18. The fourth-order valence-electron chi connectivity index (χ4n) is 2.35. The maximum absolute atomic E-state index is 11.8. The SMILES string of the molecule is CC1CCCC(C)N1NC(=O)N[C@H](CC(N)=O)C(=O)O. The zero-order chi connectivity index (χ0) is 15.3. The van der Waals surface area contributed by atoms with Crippen LogP contribution in [-0.4, -0.2) is 46.1 Å². The number of urea groups is 1. The Hall–Kier alpha value is -1.83. The Morgan fingerprint density at radius 2 is 1.85 bits per heavy atom. The van der Waals surface area contributed by atoms with Crippen molar-refractivity contribution < 1.29 is 19.5 Å². The smallest absolute Gasteiger partial charge is 0.330 e. The fourth-order valence-corrected chi connectivity index (χ4v) is 2.35. The number of nitrogens with two attached hydrogens (primary N) is 1. The Morgan fingerprint density at radius 1 is 1.30 bits per heavy atom. The lowest BCUT2D eigenvalue weighted by atomic mass is 10.00. The number of nitrogens with one attached hydrogen (secondary N) is 2. The van der Waals surface area contributed by atoms with Crippen molar-refractivity contribution in [3.63, 3.8) is 0 Å². The number of primary amides is 1. The molecule has 20 heavy (non-hydrogen) atoms. The number of rotatable bonds is 5. The van der Waals surface area contributed by atoms with Gasteiger partial charge in [0.05, 0.1) is 6.42 Å². The third-order valence-corrected chi connectivity index (χ3v) is 3.43. The molecule has 8 nitrogen and oxygen atoms in total. The van der Waals surface area contributed by atoms with Crippen LogP contribution in [0.15, 0.2) is 0 Å². The molecule has 1 aliphatic rings. The molecule has 3 atom stereocenters. The molecule has 8 heteroatoms. The number of hydrazine groups is 1. The second kappa shape index (κ2) is 7.09. The van der Waals surface area contributed by atoms with E-state index in [-0.39, 0.29) is 12.1 Å². The van der Waals surface area contributed by atoms with Crippen LogP contribution in [0.1, 0.15) is 39.5 Å². The minimum absolute atomic E-state index is 0.184. The van der Waals surface area contributed by atoms with E-state index in [9.17, 15) is 14.4 Å². The van der Waals surface area contributed by atoms with Crippen molar-refractivity contribution >= 4 is 17.9 Å². The van der Waals surface area contributed by atoms with Gasteiger partial charge in [0, 0.05) is 12.1 Å². The molecule has 0 radical (unpaired) electrons. The quantitative estimate of drug-likeness (QED) is 0.556. The first-order valence-electron chi connectivity index (χ1n) is 6.68. The van der Waals surface area contributed by atoms with Crippen molar-refractivity contribution in [1.82, 2.24) is 15.8 Å². The lowest BCUT2D eigenvalue weighted by Crippen LogP contribution is -2.58. The highest BCUT2D eigenvalue weighted by Gasteiger charge is 2.28. The van der Waals surface area contributed by atoms with Gasteiger partial charge in [-0.15, -0.1) is 0 Å². The van der Waals surface area contributed by atoms with Crippen LogP contribution in [-0.2, 0) is 9.59 Å². The Balaban J connectivity index is 2.56. The van der Waals surface area contributed by atoms with Crippen LogP contribution in [0.4, 0.5) is 4.79 Å². The van der Waals surface area contributed by atoms with Gasteiger partial charge < -0.3 is 16.2 Å². The topological polar surface area (TPSA) is 125 Å². The van der Waals surface area contributed by atoms with Crippen LogP contribution in [0.3, 0.4) is 0 Å². The zero-order valence-electron chi connectivity index (χ0n) is 11.8. The molecule has 0 aromatic carbocycles. The maximum Gasteiger partial charge on any atom is 0.330 e. The molecular formula is C12H22N4O4. The van der Waals surface area contributed by atoms with Crippen molar-refractivity contribution in [2.75, 3.05) is 0 Å². The van der Waals surface area contributed by atoms with Crippen LogP contribution >= 0.6 is 0 Å². The average molecular weight is 286 g/mol. The average Bonchev–Trinajstić information content (AvgIpc) is 2.32. The summed E-state index contributed by atoms with van der Waals surface area (Å²) in [4.78, 5) is 33.5. The van der Waals surface area contributed by atoms with E-state index in [1.54, 1.807) is 0 Å². The van der Waals surface area contributed by atoms with Crippen molar-refractivity contribution in [3.8, 4) is 0 Å². The number of nitrogens with zero attached hydrogens (tertiary/aromatic N) is 1. The van der Waals surface area contributed by atoms with Crippen molar-refractivity contribution in [3.05, 3.63) is 0 Å². The zero-order valence-corrected chi connectivity index (χ0v) is 11.8. The van der Waals surface area contributed by atoms with E-state index >= 15 is 0 Å². The van der Waals surface area contributed by atoms with Gasteiger partial charge in [0.25, 0.3) is 0 Å². The number of aliphatic carboxylic acids is 1. The predicted molar refractivity (Wildman–Crippen MR) is 71.5 cm³/mol. The summed E-state index contributed by atoms with van der Waals surface area (Å²) in [5, 5.41) is 13.0. The van der Waals surface area contributed by atoms with Crippen LogP contribution < -0.4 is 16.5 Å². The van der Waals surface area contributed by atoms with Crippen LogP contribution in [0.2, 0.25) is 0 Å². The summed E-state index contributed by atoms with van der Waals surface area (Å²) in [7, 11) is 0. The molecule has 1 rings (SSSR count). The Bertz CT molecular complexity index is 378. The minimum atomic E-state index is -1.32. The number of piperidine rings is 1. The van der Waals surface area contributed by atoms with Gasteiger partial charge in [-0.25, -0.2) is 14.6 Å². The van der Waals surface area contributed by atoms with Gasteiger partial charge in [-0.3, -0.25) is 10.2 Å². The van der Waals surface area contributed by atoms with Crippen LogP contribution in [0, 0.1) is 0 Å². The number of amides is 3. The Morgan fingerprint density at radius 3 is 2.30 bits per heavy atom. The summed E-state index contributed by atoms with van der Waals surface area (Å²) >= 11 is 0. The number of carboxylic acids is 1. The Kier molecular flexibility index (Phi) is 5.75. The van der Waals surface area contributed by atoms with Gasteiger partial charge in [0.1, 0.15) is 6.04 Å². The number of carbonyl (C=O) groups excluding carboxylic acids is 2. The fraction of sp³-hybridized carbons (Fsp3) is 0.750. The van der Waals surface area contributed by atoms with E-state index in [1.165, 1.54) is 0 Å². The number of hydrogen-bond donors (Lipinski definition) is 4. The molecule has 0 aromatic rings. The van der Waals surface area contributed by atoms with Crippen molar-refractivity contribution in [2.24, 2.45) is 5.73 Å². The molecule has 1 saturated heterocycles. The number of carbonyl (C=O) groups is 3. The monoisotopic (exact) mass is 286 g/mol. The minimum Gasteiger partial charge on any atom is -0.480 e. The first-order chi connectivity index (χ1) is 9.31. The molecule has 0 spiro atoms. The molecule has 0 aliphatic carbocycles. The van der Waals surface area contributed by atoms with E-state index in [0.29, 0.717) is 0 Å². The summed E-state index contributed by atoms with van der Waals surface area (Å²) < 4.78 is 0. The van der Waals surface area contributed by atoms with Gasteiger partial charge >= 0.3 is 12.0 Å². The van der Waals surface area contributed by atoms with Crippen LogP contribution in [0.5, 0.6) is 0 Å². The first-order valence-corrected chi connectivity index (χ1v) is 6.68. The molecule has 3 amide bonds. The van der Waals surface area contributed by atoms with Gasteiger partial charge in [-0.1, -0.05) is 6.42 Å². The molecule has 1 aliphatic heterocycles. The number of hydrogen-bond acceptors (Lipinski definition) is 4. The first kappa shape index (κ1) is 16.2. The van der Waals surface area contributed by atoms with E-state index in [1.807, 2.05) is 18.9 Å². The van der Waals surface area contributed by atoms with E-state index < -0.39 is 30.4 Å². The van der Waals surface area contributed by atoms with E-state index in [0.717, 1.165) is 19.3 Å². The highest BCUT2D eigenvalue weighted by Crippen LogP contribution is 2.19. The molecule has 2 unspecified atom stereocenters. The summed E-state index contributed by atoms with van der Waals surface area (Å²) in [6.45, 7) is 3.99. The van der Waals surface area contributed by atoms with Gasteiger partial charge in [0.15, 0.2) is 0 Å². The third kappa shape index (κ3) is 4.69. The molecule has 0 aromatic heterocycles. The standard InChI is InChI=1S/C12H22N4O4/c1-7-4-3-5-8(2)16(7)15-12(20)14-9(11(18)19)6-10(13)17/h7-9H,3-6H2,1-2H3,(H2,13,17)(H,18,19)(H2,14,15,20)/t7?,8?,9-/m1/s1. The maximum atomic E-state index is 11.8. The molecule has 5 N–H and O–H groups in total. The van der Waals surface area contributed by atoms with Gasteiger partial charge in [0.2, 0.25) is 5.91 Å². The van der Waals surface area contributed by atoms with E-state index in [4.69, 9.17) is 10.8 Å². The van der Waals surface area contributed by atoms with Crippen LogP contribution in [0.25, 0.3) is 0 Å². The summed E-state index contributed by atoms with van der Waals surface area (Å²) in [6.07, 6.45) is 2.60. The Labute approximate surface area is 117 Å². The highest BCUT2D eigenvalue weighted by atomic mass is 16.4. The molecule has 114 valence electrons. The molecule has 0 bridgehead atoms.